The Morgan fingerprint density at radius 1 is 1.07 bits per heavy atom. The van der Waals surface area contributed by atoms with Crippen molar-refractivity contribution in [2.75, 3.05) is 6.73 Å². The minimum absolute atomic E-state index is 0.160. The molecule has 0 unspecified atom stereocenters. The number of rotatable bonds is 2. The zero-order chi connectivity index (χ0) is 19.3. The van der Waals surface area contributed by atoms with Gasteiger partial charge in [0.2, 0.25) is 5.78 Å². The van der Waals surface area contributed by atoms with E-state index >= 15 is 0 Å². The van der Waals surface area contributed by atoms with Gasteiger partial charge < -0.3 is 9.47 Å². The smallest absolute Gasteiger partial charge is 0.231 e. The van der Waals surface area contributed by atoms with Crippen LogP contribution < -0.4 is 9.47 Å². The van der Waals surface area contributed by atoms with Crippen LogP contribution in [0.3, 0.4) is 0 Å². The zero-order valence-electron chi connectivity index (χ0n) is 15.2. The maximum atomic E-state index is 12.9. The van der Waals surface area contributed by atoms with Crippen LogP contribution in [0.25, 0.3) is 6.08 Å². The molecule has 2 aromatic carbocycles. The zero-order valence-corrected chi connectivity index (χ0v) is 16.7. The Labute approximate surface area is 173 Å². The van der Waals surface area contributed by atoms with E-state index in [1.807, 2.05) is 6.07 Å². The highest BCUT2D eigenvalue weighted by Crippen LogP contribution is 2.43. The van der Waals surface area contributed by atoms with Crippen molar-refractivity contribution in [3.8, 4) is 11.5 Å². The van der Waals surface area contributed by atoms with Crippen molar-refractivity contribution >= 4 is 35.1 Å². The van der Waals surface area contributed by atoms with E-state index in [9.17, 15) is 4.79 Å². The highest BCUT2D eigenvalue weighted by atomic mass is 35.5. The number of hydrogen-bond acceptors (Lipinski definition) is 4. The summed E-state index contributed by atoms with van der Waals surface area (Å²) in [5.74, 6) is 1.46. The fourth-order valence-corrected chi connectivity index (χ4v) is 4.77. The second kappa shape index (κ2) is 7.11. The normalized spacial score (nSPS) is 20.8. The number of hydrogen-bond donors (Lipinski definition) is 0. The molecule has 2 heterocycles. The van der Waals surface area contributed by atoms with Crippen molar-refractivity contribution in [2.24, 2.45) is 0 Å². The van der Waals surface area contributed by atoms with Gasteiger partial charge in [-0.25, -0.2) is 0 Å². The highest BCUT2D eigenvalue weighted by Gasteiger charge is 2.35. The largest absolute Gasteiger partial charge is 0.478 e. The third kappa shape index (κ3) is 3.00. The lowest BCUT2D eigenvalue weighted by Gasteiger charge is -2.33. The van der Waals surface area contributed by atoms with Gasteiger partial charge in [0.15, 0.2) is 5.76 Å². The number of nitrogens with zero attached hydrogens (tertiary/aromatic N) is 1. The summed E-state index contributed by atoms with van der Waals surface area (Å²) in [6, 6.07) is 9.43. The van der Waals surface area contributed by atoms with Crippen LogP contribution >= 0.6 is 23.2 Å². The van der Waals surface area contributed by atoms with Crippen LogP contribution in [-0.2, 0) is 6.54 Å². The summed E-state index contributed by atoms with van der Waals surface area (Å²) in [5.41, 5.74) is 2.09. The average Bonchev–Trinajstić information content (AvgIpc) is 3.33. The molecule has 0 amide bonds. The maximum absolute atomic E-state index is 12.9. The lowest BCUT2D eigenvalue weighted by atomic mass is 10.0. The number of benzene rings is 2. The molecule has 1 saturated carbocycles. The van der Waals surface area contributed by atoms with Gasteiger partial charge in [-0.05, 0) is 43.2 Å². The maximum Gasteiger partial charge on any atom is 0.231 e. The molecule has 0 atom stereocenters. The molecule has 0 radical (unpaired) electrons. The Morgan fingerprint density at radius 2 is 1.82 bits per heavy atom. The van der Waals surface area contributed by atoms with Gasteiger partial charge in [-0.3, -0.25) is 9.69 Å². The summed E-state index contributed by atoms with van der Waals surface area (Å²) in [5, 5.41) is 0.954. The first-order valence-corrected chi connectivity index (χ1v) is 10.3. The molecule has 2 aliphatic heterocycles. The van der Waals surface area contributed by atoms with Crippen molar-refractivity contribution in [1.82, 2.24) is 4.90 Å². The van der Waals surface area contributed by atoms with Crippen LogP contribution in [-0.4, -0.2) is 23.5 Å². The first-order valence-electron chi connectivity index (χ1n) is 9.53. The summed E-state index contributed by atoms with van der Waals surface area (Å²) in [7, 11) is 0. The Hall–Kier alpha value is -2.01. The molecule has 1 aliphatic carbocycles. The van der Waals surface area contributed by atoms with E-state index in [4.69, 9.17) is 32.7 Å². The first kappa shape index (κ1) is 18.0. The van der Waals surface area contributed by atoms with Crippen LogP contribution in [0.15, 0.2) is 36.1 Å². The van der Waals surface area contributed by atoms with E-state index in [1.165, 1.54) is 25.7 Å². The van der Waals surface area contributed by atoms with Crippen LogP contribution in [0.1, 0.15) is 47.2 Å². The molecular formula is C22H19Cl2NO3. The minimum atomic E-state index is -0.160. The van der Waals surface area contributed by atoms with Gasteiger partial charge >= 0.3 is 0 Å². The number of halogens is 2. The molecule has 0 aromatic heterocycles. The van der Waals surface area contributed by atoms with Gasteiger partial charge in [0.1, 0.15) is 18.2 Å². The number of allylic oxidation sites excluding steroid dienone is 1. The van der Waals surface area contributed by atoms with Crippen LogP contribution in [0.5, 0.6) is 11.5 Å². The molecule has 2 aromatic rings. The van der Waals surface area contributed by atoms with Gasteiger partial charge in [-0.15, -0.1) is 0 Å². The van der Waals surface area contributed by atoms with Gasteiger partial charge in [0, 0.05) is 28.2 Å². The third-order valence-electron chi connectivity index (χ3n) is 5.76. The predicted molar refractivity (Wildman–Crippen MR) is 109 cm³/mol. The van der Waals surface area contributed by atoms with Crippen molar-refractivity contribution < 1.29 is 14.3 Å². The van der Waals surface area contributed by atoms with E-state index < -0.39 is 0 Å². The predicted octanol–water partition coefficient (Wildman–Crippen LogP) is 5.70. The lowest BCUT2D eigenvalue weighted by Crippen LogP contribution is -2.39. The standard InChI is InChI=1S/C22H19Cl2NO3/c23-17-6-3-7-18(24)15(17)10-20-21(26)14-8-9-19-16(22(14)28-20)11-25(12-27-19)13-4-1-2-5-13/h3,6-10,13H,1-2,4-5,11-12H2/b20-10-. The van der Waals surface area contributed by atoms with Crippen molar-refractivity contribution in [1.29, 1.82) is 0 Å². The van der Waals surface area contributed by atoms with Crippen molar-refractivity contribution in [3.05, 3.63) is 62.8 Å². The minimum Gasteiger partial charge on any atom is -0.478 e. The first-order chi connectivity index (χ1) is 13.6. The van der Waals surface area contributed by atoms with Gasteiger partial charge in [-0.2, -0.15) is 0 Å². The van der Waals surface area contributed by atoms with Gasteiger partial charge in [-0.1, -0.05) is 42.1 Å². The fourth-order valence-electron chi connectivity index (χ4n) is 4.26. The number of carbonyl (C=O) groups excluding carboxylic acids is 1. The number of fused-ring (bicyclic) bond motifs is 3. The van der Waals surface area contributed by atoms with Crippen molar-refractivity contribution in [2.45, 2.75) is 38.3 Å². The molecule has 5 rings (SSSR count). The summed E-state index contributed by atoms with van der Waals surface area (Å²) in [6.45, 7) is 1.32. The lowest BCUT2D eigenvalue weighted by molar-refractivity contribution is 0.0567. The Kier molecular flexibility index (Phi) is 4.58. The van der Waals surface area contributed by atoms with Crippen LogP contribution in [0.4, 0.5) is 0 Å². The molecular weight excluding hydrogens is 397 g/mol. The molecule has 3 aliphatic rings. The summed E-state index contributed by atoms with van der Waals surface area (Å²) >= 11 is 12.5. The summed E-state index contributed by atoms with van der Waals surface area (Å²) in [6.07, 6.45) is 6.55. The number of ether oxygens (including phenoxy) is 2. The monoisotopic (exact) mass is 415 g/mol. The molecule has 0 saturated heterocycles. The van der Waals surface area contributed by atoms with E-state index in [0.29, 0.717) is 39.7 Å². The molecule has 6 heteroatoms. The van der Waals surface area contributed by atoms with E-state index in [2.05, 4.69) is 4.90 Å². The molecule has 4 nitrogen and oxygen atoms in total. The summed E-state index contributed by atoms with van der Waals surface area (Å²) in [4.78, 5) is 15.3. The summed E-state index contributed by atoms with van der Waals surface area (Å²) < 4.78 is 12.0. The van der Waals surface area contributed by atoms with E-state index in [-0.39, 0.29) is 11.5 Å². The molecule has 1 fully saturated rings. The van der Waals surface area contributed by atoms with Crippen LogP contribution in [0.2, 0.25) is 10.0 Å². The Balaban J connectivity index is 1.50. The Morgan fingerprint density at radius 3 is 2.57 bits per heavy atom. The number of Topliss-reactive ketones (excluding diaryl/α,β-unsaturated/α-hetero) is 1. The Bertz CT molecular complexity index is 975. The van der Waals surface area contributed by atoms with Gasteiger partial charge in [0.05, 0.1) is 11.1 Å². The topological polar surface area (TPSA) is 38.8 Å². The number of ketones is 1. The van der Waals surface area contributed by atoms with E-state index in [0.717, 1.165) is 17.9 Å². The molecule has 0 spiro atoms. The van der Waals surface area contributed by atoms with Crippen molar-refractivity contribution in [3.63, 3.8) is 0 Å². The van der Waals surface area contributed by atoms with Crippen LogP contribution in [0, 0.1) is 0 Å². The molecule has 0 N–H and O–H groups in total. The van der Waals surface area contributed by atoms with Gasteiger partial charge in [0.25, 0.3) is 0 Å². The molecule has 28 heavy (non-hydrogen) atoms. The SMILES string of the molecule is O=C1/C(=C/c2c(Cl)cccc2Cl)Oc2c1ccc1c2CN(C2CCCC2)CO1. The third-order valence-corrected chi connectivity index (χ3v) is 6.42. The quantitative estimate of drug-likeness (QED) is 0.589. The molecule has 0 bridgehead atoms. The number of carbonyl (C=O) groups is 1. The van der Waals surface area contributed by atoms with E-state index in [1.54, 1.807) is 30.3 Å². The second-order valence-electron chi connectivity index (χ2n) is 7.45. The fraction of sp³-hybridized carbons (Fsp3) is 0.318. The average molecular weight is 416 g/mol. The highest BCUT2D eigenvalue weighted by molar-refractivity contribution is 6.37. The second-order valence-corrected chi connectivity index (χ2v) is 8.27. The molecule has 144 valence electrons.